The molecule has 0 aliphatic heterocycles. The van der Waals surface area contributed by atoms with Gasteiger partial charge in [0.15, 0.2) is 6.61 Å². The number of hydrogen-bond acceptors (Lipinski definition) is 5. The van der Waals surface area contributed by atoms with Crippen molar-refractivity contribution in [2.45, 2.75) is 25.3 Å². The summed E-state index contributed by atoms with van der Waals surface area (Å²) in [5, 5.41) is 2.80. The van der Waals surface area contributed by atoms with E-state index in [-0.39, 0.29) is 31.5 Å². The van der Waals surface area contributed by atoms with E-state index in [9.17, 15) is 14.4 Å². The number of benzene rings is 1. The van der Waals surface area contributed by atoms with Crippen LogP contribution < -0.4 is 10.1 Å². The van der Waals surface area contributed by atoms with Gasteiger partial charge >= 0.3 is 5.97 Å². The first-order chi connectivity index (χ1) is 11.5. The third kappa shape index (κ3) is 5.91. The average molecular weight is 334 g/mol. The second kappa shape index (κ2) is 8.33. The van der Waals surface area contributed by atoms with Gasteiger partial charge in [0.05, 0.1) is 20.1 Å². The Hall–Kier alpha value is -2.57. The number of nitrogens with zero attached hydrogens (tertiary/aromatic N) is 1. The van der Waals surface area contributed by atoms with Crippen molar-refractivity contribution in [2.75, 3.05) is 27.3 Å². The van der Waals surface area contributed by atoms with Gasteiger partial charge in [-0.15, -0.1) is 0 Å². The van der Waals surface area contributed by atoms with Crippen molar-refractivity contribution in [3.8, 4) is 5.75 Å². The van der Waals surface area contributed by atoms with Crippen molar-refractivity contribution in [3.63, 3.8) is 0 Å². The Balaban J connectivity index is 1.69. The third-order valence-electron chi connectivity index (χ3n) is 3.61. The monoisotopic (exact) mass is 334 g/mol. The molecule has 24 heavy (non-hydrogen) atoms. The maximum atomic E-state index is 11.9. The molecule has 1 saturated carbocycles. The third-order valence-corrected chi connectivity index (χ3v) is 3.61. The first-order valence-electron chi connectivity index (χ1n) is 7.80. The largest absolute Gasteiger partial charge is 0.497 e. The normalized spacial score (nSPS) is 13.1. The Morgan fingerprint density at radius 3 is 2.46 bits per heavy atom. The lowest BCUT2D eigenvalue weighted by molar-refractivity contribution is -0.151. The number of ether oxygens (including phenoxy) is 2. The summed E-state index contributed by atoms with van der Waals surface area (Å²) in [5.74, 6) is -0.403. The molecule has 130 valence electrons. The smallest absolute Gasteiger partial charge is 0.310 e. The van der Waals surface area contributed by atoms with Crippen LogP contribution in [0.25, 0.3) is 0 Å². The number of carbonyl (C=O) groups is 3. The molecule has 1 fully saturated rings. The van der Waals surface area contributed by atoms with Gasteiger partial charge < -0.3 is 19.7 Å². The Morgan fingerprint density at radius 1 is 1.21 bits per heavy atom. The van der Waals surface area contributed by atoms with Crippen molar-refractivity contribution in [3.05, 3.63) is 29.8 Å². The van der Waals surface area contributed by atoms with E-state index in [1.165, 1.54) is 11.9 Å². The quantitative estimate of drug-likeness (QED) is 0.701. The molecule has 1 aliphatic rings. The van der Waals surface area contributed by atoms with Crippen LogP contribution in [-0.4, -0.2) is 56.0 Å². The topological polar surface area (TPSA) is 84.9 Å². The van der Waals surface area contributed by atoms with Crippen molar-refractivity contribution in [1.29, 1.82) is 0 Å². The summed E-state index contributed by atoms with van der Waals surface area (Å²) in [6.07, 6.45) is 2.06. The second-order valence-corrected chi connectivity index (χ2v) is 5.78. The summed E-state index contributed by atoms with van der Waals surface area (Å²) >= 11 is 0. The van der Waals surface area contributed by atoms with Crippen molar-refractivity contribution in [2.24, 2.45) is 0 Å². The molecule has 0 heterocycles. The van der Waals surface area contributed by atoms with Gasteiger partial charge in [-0.05, 0) is 30.5 Å². The molecule has 0 radical (unpaired) electrons. The van der Waals surface area contributed by atoms with Gasteiger partial charge in [0.1, 0.15) is 5.75 Å². The number of methoxy groups -OCH3 is 1. The minimum atomic E-state index is -0.496. The second-order valence-electron chi connectivity index (χ2n) is 5.78. The Bertz CT molecular complexity index is 596. The maximum absolute atomic E-state index is 11.9. The van der Waals surface area contributed by atoms with Gasteiger partial charge in [0.2, 0.25) is 5.91 Å². The van der Waals surface area contributed by atoms with Crippen LogP contribution in [0, 0.1) is 0 Å². The molecule has 0 saturated heterocycles. The van der Waals surface area contributed by atoms with Gasteiger partial charge in [0, 0.05) is 13.1 Å². The van der Waals surface area contributed by atoms with Crippen LogP contribution in [0.5, 0.6) is 5.75 Å². The van der Waals surface area contributed by atoms with E-state index in [1.54, 1.807) is 31.4 Å². The van der Waals surface area contributed by atoms with Gasteiger partial charge in [0.25, 0.3) is 5.91 Å². The highest BCUT2D eigenvalue weighted by Crippen LogP contribution is 2.18. The molecule has 0 unspecified atom stereocenters. The van der Waals surface area contributed by atoms with Crippen LogP contribution >= 0.6 is 0 Å². The Kier molecular flexibility index (Phi) is 6.17. The van der Waals surface area contributed by atoms with Crippen LogP contribution in [-0.2, 0) is 25.5 Å². The highest BCUT2D eigenvalue weighted by molar-refractivity contribution is 5.86. The maximum Gasteiger partial charge on any atom is 0.310 e. The van der Waals surface area contributed by atoms with Crippen LogP contribution in [0.3, 0.4) is 0 Å². The van der Waals surface area contributed by atoms with Crippen molar-refractivity contribution in [1.82, 2.24) is 10.2 Å². The lowest BCUT2D eigenvalue weighted by Gasteiger charge is -2.16. The molecule has 7 nitrogen and oxygen atoms in total. The van der Waals surface area contributed by atoms with E-state index in [0.29, 0.717) is 5.75 Å². The number of esters is 1. The fourth-order valence-electron chi connectivity index (χ4n) is 2.02. The number of rotatable bonds is 8. The molecular weight excluding hydrogens is 312 g/mol. The minimum absolute atomic E-state index is 0.0363. The first kappa shape index (κ1) is 17.8. The molecule has 0 bridgehead atoms. The summed E-state index contributed by atoms with van der Waals surface area (Å²) in [4.78, 5) is 36.5. The van der Waals surface area contributed by atoms with E-state index in [2.05, 4.69) is 5.32 Å². The lowest BCUT2D eigenvalue weighted by Crippen LogP contribution is -2.40. The average Bonchev–Trinajstić information content (AvgIpc) is 3.37. The van der Waals surface area contributed by atoms with E-state index in [0.717, 1.165) is 18.4 Å². The number of nitrogens with one attached hydrogen (secondary N) is 1. The number of likely N-dealkylation sites (N-methyl/N-ethyl adjacent to an activating group) is 1. The fraction of sp³-hybridized carbons (Fsp3) is 0.471. The number of carbonyl (C=O) groups excluding carboxylic acids is 3. The van der Waals surface area contributed by atoms with Gasteiger partial charge in [-0.2, -0.15) is 0 Å². The summed E-state index contributed by atoms with van der Waals surface area (Å²) in [6.45, 7) is -0.409. The van der Waals surface area contributed by atoms with Crippen LogP contribution in [0.4, 0.5) is 0 Å². The standard InChI is InChI=1S/C17H22N2O5/c1-19(10-15(20)18-13-5-6-13)16(21)11-24-17(22)9-12-3-7-14(23-2)8-4-12/h3-4,7-8,13H,5-6,9-11H2,1-2H3,(H,18,20). The fourth-order valence-corrected chi connectivity index (χ4v) is 2.02. The molecule has 2 amide bonds. The summed E-state index contributed by atoms with van der Waals surface area (Å²) in [6, 6.07) is 7.27. The molecule has 0 spiro atoms. The molecule has 1 aliphatic carbocycles. The summed E-state index contributed by atoms with van der Waals surface area (Å²) in [7, 11) is 3.07. The molecule has 1 N–H and O–H groups in total. The first-order valence-corrected chi connectivity index (χ1v) is 7.80. The minimum Gasteiger partial charge on any atom is -0.497 e. The highest BCUT2D eigenvalue weighted by atomic mass is 16.5. The molecule has 0 atom stereocenters. The molecule has 0 aromatic heterocycles. The summed E-state index contributed by atoms with van der Waals surface area (Å²) < 4.78 is 10.0. The van der Waals surface area contributed by atoms with E-state index < -0.39 is 11.9 Å². The summed E-state index contributed by atoms with van der Waals surface area (Å²) in [5.41, 5.74) is 0.769. The molecular formula is C17H22N2O5. The zero-order chi connectivity index (χ0) is 17.5. The zero-order valence-electron chi connectivity index (χ0n) is 13.9. The SMILES string of the molecule is COc1ccc(CC(=O)OCC(=O)N(C)CC(=O)NC2CC2)cc1. The van der Waals surface area contributed by atoms with E-state index in [1.807, 2.05) is 0 Å². The Labute approximate surface area is 140 Å². The van der Waals surface area contributed by atoms with Gasteiger partial charge in [-0.3, -0.25) is 14.4 Å². The van der Waals surface area contributed by atoms with E-state index >= 15 is 0 Å². The molecule has 7 heteroatoms. The zero-order valence-corrected chi connectivity index (χ0v) is 13.9. The lowest BCUT2D eigenvalue weighted by atomic mass is 10.1. The van der Waals surface area contributed by atoms with Crippen molar-refractivity contribution < 1.29 is 23.9 Å². The molecule has 2 rings (SSSR count). The highest BCUT2D eigenvalue weighted by Gasteiger charge is 2.24. The van der Waals surface area contributed by atoms with Crippen LogP contribution in [0.15, 0.2) is 24.3 Å². The van der Waals surface area contributed by atoms with Crippen molar-refractivity contribution >= 4 is 17.8 Å². The number of amides is 2. The van der Waals surface area contributed by atoms with Crippen LogP contribution in [0.2, 0.25) is 0 Å². The Morgan fingerprint density at radius 2 is 1.88 bits per heavy atom. The predicted molar refractivity (Wildman–Crippen MR) is 86.5 cm³/mol. The van der Waals surface area contributed by atoms with Crippen LogP contribution in [0.1, 0.15) is 18.4 Å². The predicted octanol–water partition coefficient (Wildman–Crippen LogP) is 0.518. The molecule has 1 aromatic carbocycles. The van der Waals surface area contributed by atoms with E-state index in [4.69, 9.17) is 9.47 Å². The number of hydrogen-bond donors (Lipinski definition) is 1. The van der Waals surface area contributed by atoms with Gasteiger partial charge in [-0.25, -0.2) is 0 Å². The van der Waals surface area contributed by atoms with Gasteiger partial charge in [-0.1, -0.05) is 12.1 Å². The molecule has 1 aromatic rings.